The fourth-order valence-corrected chi connectivity index (χ4v) is 4.22. The van der Waals surface area contributed by atoms with Crippen molar-refractivity contribution < 1.29 is 13.2 Å². The highest BCUT2D eigenvalue weighted by Crippen LogP contribution is 2.21. The molecule has 1 fully saturated rings. The van der Waals surface area contributed by atoms with E-state index in [1.54, 1.807) is 0 Å². The molecule has 1 heterocycles. The molecule has 1 amide bonds. The van der Waals surface area contributed by atoms with E-state index in [9.17, 15) is 13.2 Å². The Labute approximate surface area is 134 Å². The highest BCUT2D eigenvalue weighted by atomic mass is 35.5. The van der Waals surface area contributed by atoms with Crippen LogP contribution in [0.1, 0.15) is 39.0 Å². The van der Waals surface area contributed by atoms with Crippen LogP contribution in [-0.2, 0) is 14.8 Å². The van der Waals surface area contributed by atoms with Gasteiger partial charge in [0, 0.05) is 13.1 Å². The minimum absolute atomic E-state index is 0. The van der Waals surface area contributed by atoms with Crippen LogP contribution in [-0.4, -0.2) is 57.1 Å². The van der Waals surface area contributed by atoms with Gasteiger partial charge in [-0.25, -0.2) is 8.42 Å². The molecule has 1 atom stereocenters. The van der Waals surface area contributed by atoms with Crippen molar-refractivity contribution in [1.82, 2.24) is 14.9 Å². The first-order valence-corrected chi connectivity index (χ1v) is 9.05. The lowest BCUT2D eigenvalue weighted by molar-refractivity contribution is -0.125. The predicted octanol–water partition coefficient (Wildman–Crippen LogP) is 0.728. The smallest absolute Gasteiger partial charge is 0.238 e. The average Bonchev–Trinajstić information content (AvgIpc) is 2.43. The Balaban J connectivity index is 0.00000400. The molecule has 1 rings (SSSR count). The quantitative estimate of drug-likeness (QED) is 0.638. The van der Waals surface area contributed by atoms with Gasteiger partial charge < -0.3 is 10.6 Å². The summed E-state index contributed by atoms with van der Waals surface area (Å²) in [5, 5.41) is 5.86. The molecule has 126 valence electrons. The SMILES string of the molecule is CCCS(=O)(=O)N1CCCCC1C(=O)NCCCNC.Cl. The van der Waals surface area contributed by atoms with Gasteiger partial charge in [-0.15, -0.1) is 12.4 Å². The van der Waals surface area contributed by atoms with Gasteiger partial charge in [0.25, 0.3) is 0 Å². The van der Waals surface area contributed by atoms with Crippen molar-refractivity contribution >= 4 is 28.3 Å². The maximum Gasteiger partial charge on any atom is 0.238 e. The van der Waals surface area contributed by atoms with E-state index in [-0.39, 0.29) is 24.1 Å². The predicted molar refractivity (Wildman–Crippen MR) is 87.2 cm³/mol. The van der Waals surface area contributed by atoms with Crippen LogP contribution in [0.4, 0.5) is 0 Å². The Bertz CT molecular complexity index is 403. The molecule has 21 heavy (non-hydrogen) atoms. The molecule has 0 aromatic heterocycles. The van der Waals surface area contributed by atoms with Crippen LogP contribution in [0.5, 0.6) is 0 Å². The second kappa shape index (κ2) is 10.4. The molecule has 6 nitrogen and oxygen atoms in total. The largest absolute Gasteiger partial charge is 0.355 e. The third-order valence-corrected chi connectivity index (χ3v) is 5.55. The minimum atomic E-state index is -3.30. The minimum Gasteiger partial charge on any atom is -0.355 e. The summed E-state index contributed by atoms with van der Waals surface area (Å²) >= 11 is 0. The highest BCUT2D eigenvalue weighted by molar-refractivity contribution is 7.89. The number of nitrogens with zero attached hydrogens (tertiary/aromatic N) is 1. The molecule has 0 radical (unpaired) electrons. The molecule has 0 aliphatic carbocycles. The maximum atomic E-state index is 12.2. The van der Waals surface area contributed by atoms with Gasteiger partial charge in [-0.05, 0) is 39.3 Å². The van der Waals surface area contributed by atoms with E-state index in [0.717, 1.165) is 25.8 Å². The Hall–Kier alpha value is -0.370. The lowest BCUT2D eigenvalue weighted by atomic mass is 10.0. The first-order chi connectivity index (χ1) is 9.53. The van der Waals surface area contributed by atoms with E-state index < -0.39 is 16.1 Å². The number of rotatable bonds is 8. The van der Waals surface area contributed by atoms with Crippen molar-refractivity contribution in [2.75, 3.05) is 32.4 Å². The van der Waals surface area contributed by atoms with Crippen molar-refractivity contribution in [2.24, 2.45) is 0 Å². The first-order valence-electron chi connectivity index (χ1n) is 7.44. The van der Waals surface area contributed by atoms with Gasteiger partial charge in [0.05, 0.1) is 5.75 Å². The topological polar surface area (TPSA) is 78.5 Å². The number of hydrogen-bond acceptors (Lipinski definition) is 4. The van der Waals surface area contributed by atoms with Crippen molar-refractivity contribution in [3.05, 3.63) is 0 Å². The molecule has 0 saturated carbocycles. The van der Waals surface area contributed by atoms with Gasteiger partial charge in [-0.2, -0.15) is 4.31 Å². The van der Waals surface area contributed by atoms with E-state index in [4.69, 9.17) is 0 Å². The fourth-order valence-electron chi connectivity index (χ4n) is 2.47. The maximum absolute atomic E-state index is 12.2. The summed E-state index contributed by atoms with van der Waals surface area (Å²) in [6, 6.07) is -0.519. The summed E-state index contributed by atoms with van der Waals surface area (Å²) in [6.07, 6.45) is 3.80. The highest BCUT2D eigenvalue weighted by Gasteiger charge is 2.35. The summed E-state index contributed by atoms with van der Waals surface area (Å²) in [4.78, 5) is 12.2. The van der Waals surface area contributed by atoms with Crippen LogP contribution < -0.4 is 10.6 Å². The van der Waals surface area contributed by atoms with Crippen molar-refractivity contribution in [3.8, 4) is 0 Å². The van der Waals surface area contributed by atoms with Crippen LogP contribution in [0.15, 0.2) is 0 Å². The monoisotopic (exact) mass is 341 g/mol. The van der Waals surface area contributed by atoms with Crippen LogP contribution in [0.2, 0.25) is 0 Å². The second-order valence-corrected chi connectivity index (χ2v) is 7.23. The average molecular weight is 342 g/mol. The lowest BCUT2D eigenvalue weighted by Crippen LogP contribution is -2.52. The van der Waals surface area contributed by atoms with Crippen molar-refractivity contribution in [1.29, 1.82) is 0 Å². The second-order valence-electron chi connectivity index (χ2n) is 5.19. The van der Waals surface area contributed by atoms with Crippen LogP contribution in [0, 0.1) is 0 Å². The Morgan fingerprint density at radius 2 is 2.00 bits per heavy atom. The van der Waals surface area contributed by atoms with E-state index >= 15 is 0 Å². The number of carbonyl (C=O) groups is 1. The van der Waals surface area contributed by atoms with Crippen LogP contribution >= 0.6 is 12.4 Å². The molecular formula is C13H28ClN3O3S. The number of nitrogens with one attached hydrogen (secondary N) is 2. The zero-order valence-corrected chi connectivity index (χ0v) is 14.6. The van der Waals surface area contributed by atoms with Crippen molar-refractivity contribution in [3.63, 3.8) is 0 Å². The van der Waals surface area contributed by atoms with Crippen LogP contribution in [0.25, 0.3) is 0 Å². The molecule has 0 aromatic rings. The Morgan fingerprint density at radius 1 is 1.29 bits per heavy atom. The lowest BCUT2D eigenvalue weighted by Gasteiger charge is -2.33. The summed E-state index contributed by atoms with van der Waals surface area (Å²) in [5.41, 5.74) is 0. The zero-order chi connectivity index (χ0) is 15.0. The van der Waals surface area contributed by atoms with E-state index in [1.165, 1.54) is 4.31 Å². The van der Waals surface area contributed by atoms with Crippen molar-refractivity contribution in [2.45, 2.75) is 45.1 Å². The fraction of sp³-hybridized carbons (Fsp3) is 0.923. The van der Waals surface area contributed by atoms with Gasteiger partial charge in [-0.3, -0.25) is 4.79 Å². The molecule has 1 unspecified atom stereocenters. The number of amides is 1. The van der Waals surface area contributed by atoms with E-state index in [0.29, 0.717) is 25.9 Å². The molecule has 8 heteroatoms. The standard InChI is InChI=1S/C13H27N3O3S.ClH/c1-3-11-20(18,19)16-10-5-4-7-12(16)13(17)15-9-6-8-14-2;/h12,14H,3-11H2,1-2H3,(H,15,17);1H. The summed E-state index contributed by atoms with van der Waals surface area (Å²) < 4.78 is 25.8. The van der Waals surface area contributed by atoms with Gasteiger partial charge in [0.1, 0.15) is 6.04 Å². The van der Waals surface area contributed by atoms with Gasteiger partial charge in [0.2, 0.25) is 15.9 Å². The molecule has 1 aliphatic rings. The van der Waals surface area contributed by atoms with Gasteiger partial charge in [0.15, 0.2) is 0 Å². The molecule has 0 spiro atoms. The number of hydrogen-bond donors (Lipinski definition) is 2. The first kappa shape index (κ1) is 20.6. The molecule has 2 N–H and O–H groups in total. The zero-order valence-electron chi connectivity index (χ0n) is 12.9. The Morgan fingerprint density at radius 3 is 2.62 bits per heavy atom. The third-order valence-electron chi connectivity index (χ3n) is 3.48. The number of halogens is 1. The normalized spacial score (nSPS) is 19.8. The van der Waals surface area contributed by atoms with Crippen LogP contribution in [0.3, 0.4) is 0 Å². The number of piperidine rings is 1. The number of carbonyl (C=O) groups excluding carboxylic acids is 1. The molecule has 0 aromatic carbocycles. The van der Waals surface area contributed by atoms with E-state index in [2.05, 4.69) is 10.6 Å². The third kappa shape index (κ3) is 6.50. The molecule has 1 aliphatic heterocycles. The summed E-state index contributed by atoms with van der Waals surface area (Å²) in [6.45, 7) is 3.73. The van der Waals surface area contributed by atoms with Gasteiger partial charge >= 0.3 is 0 Å². The van der Waals surface area contributed by atoms with Gasteiger partial charge in [-0.1, -0.05) is 13.3 Å². The molecule has 1 saturated heterocycles. The molecule has 0 bridgehead atoms. The summed E-state index contributed by atoms with van der Waals surface area (Å²) in [7, 11) is -1.44. The Kier molecular flexibility index (Phi) is 10.2. The number of sulfonamides is 1. The molecular weight excluding hydrogens is 314 g/mol. The van der Waals surface area contributed by atoms with E-state index in [1.807, 2.05) is 14.0 Å². The summed E-state index contributed by atoms with van der Waals surface area (Å²) in [5.74, 6) is -0.0308.